The summed E-state index contributed by atoms with van der Waals surface area (Å²) < 4.78 is 0. The zero-order chi connectivity index (χ0) is 19.1. The highest BCUT2D eigenvalue weighted by molar-refractivity contribution is 7.13. The maximum Gasteiger partial charge on any atom is 0.326 e. The summed E-state index contributed by atoms with van der Waals surface area (Å²) in [5.41, 5.74) is 1.57. The number of aliphatic carboxylic acids is 1. The van der Waals surface area contributed by atoms with Crippen LogP contribution in [0.25, 0.3) is 10.6 Å². The number of hydrogen-bond donors (Lipinski definition) is 2. The van der Waals surface area contributed by atoms with Gasteiger partial charge in [0.05, 0.1) is 12.1 Å². The van der Waals surface area contributed by atoms with Crippen LogP contribution in [-0.2, 0) is 20.8 Å². The van der Waals surface area contributed by atoms with Crippen LogP contribution in [0, 0.1) is 0 Å². The van der Waals surface area contributed by atoms with Gasteiger partial charge in [-0.2, -0.15) is 0 Å². The van der Waals surface area contributed by atoms with E-state index >= 15 is 0 Å². The lowest BCUT2D eigenvalue weighted by Gasteiger charge is -2.26. The summed E-state index contributed by atoms with van der Waals surface area (Å²) in [6.45, 7) is 3.14. The zero-order valence-electron chi connectivity index (χ0n) is 14.6. The van der Waals surface area contributed by atoms with Gasteiger partial charge in [-0.25, -0.2) is 9.78 Å². The summed E-state index contributed by atoms with van der Waals surface area (Å²) in [5.74, 6) is -1.66. The van der Waals surface area contributed by atoms with Crippen molar-refractivity contribution < 1.29 is 19.5 Å². The molecule has 7 nitrogen and oxygen atoms in total. The van der Waals surface area contributed by atoms with Gasteiger partial charge in [0.25, 0.3) is 0 Å². The molecule has 0 spiro atoms. The van der Waals surface area contributed by atoms with Gasteiger partial charge in [-0.1, -0.05) is 30.3 Å². The number of aromatic nitrogens is 1. The van der Waals surface area contributed by atoms with Gasteiger partial charge in [-0.05, 0) is 6.92 Å². The largest absolute Gasteiger partial charge is 0.480 e. The number of carbonyl (C=O) groups excluding carboxylic acids is 2. The lowest BCUT2D eigenvalue weighted by atomic mass is 10.2. The number of carboxylic acid groups (broad SMARTS) is 1. The number of carboxylic acids is 1. The molecular formula is C18H21N3O4S. The summed E-state index contributed by atoms with van der Waals surface area (Å²) in [5, 5.41) is 14.4. The molecule has 0 fully saturated rings. The zero-order valence-corrected chi connectivity index (χ0v) is 15.5. The molecule has 1 aromatic heterocycles. The van der Waals surface area contributed by atoms with Crippen LogP contribution in [0.2, 0.25) is 0 Å². The second-order valence-corrected chi connectivity index (χ2v) is 6.63. The van der Waals surface area contributed by atoms with Crippen molar-refractivity contribution in [1.29, 1.82) is 0 Å². The molecule has 26 heavy (non-hydrogen) atoms. The average molecular weight is 375 g/mol. The highest BCUT2D eigenvalue weighted by Gasteiger charge is 2.25. The topological polar surface area (TPSA) is 99.6 Å². The molecule has 2 rings (SSSR count). The standard InChI is InChI=1S/C18H21N3O4S/c1-12(18(24)25)21(9-8-19-13(2)22)16(23)10-15-11-26-17(20-15)14-6-4-3-5-7-14/h3-7,11-12H,8-10H2,1-2H3,(H,19,22)(H,24,25). The summed E-state index contributed by atoms with van der Waals surface area (Å²) in [7, 11) is 0. The van der Waals surface area contributed by atoms with Crippen molar-refractivity contribution in [3.8, 4) is 10.6 Å². The minimum absolute atomic E-state index is 0.0149. The molecule has 2 aromatic rings. The molecule has 138 valence electrons. The van der Waals surface area contributed by atoms with E-state index in [4.69, 9.17) is 0 Å². The third-order valence-corrected chi connectivity index (χ3v) is 4.72. The first kappa shape index (κ1) is 19.6. The second-order valence-electron chi connectivity index (χ2n) is 5.77. The molecule has 2 amide bonds. The minimum atomic E-state index is -1.09. The summed E-state index contributed by atoms with van der Waals surface area (Å²) in [6, 6.07) is 8.65. The molecule has 0 aliphatic heterocycles. The van der Waals surface area contributed by atoms with Gasteiger partial charge in [0.2, 0.25) is 11.8 Å². The van der Waals surface area contributed by atoms with Gasteiger partial charge in [-0.3, -0.25) is 9.59 Å². The first-order chi connectivity index (χ1) is 12.4. The predicted molar refractivity (Wildman–Crippen MR) is 98.7 cm³/mol. The molecule has 0 bridgehead atoms. The molecule has 0 saturated carbocycles. The van der Waals surface area contributed by atoms with Crippen molar-refractivity contribution in [2.45, 2.75) is 26.3 Å². The number of thiazole rings is 1. The van der Waals surface area contributed by atoms with Crippen LogP contribution in [0.15, 0.2) is 35.7 Å². The highest BCUT2D eigenvalue weighted by atomic mass is 32.1. The van der Waals surface area contributed by atoms with E-state index in [9.17, 15) is 19.5 Å². The van der Waals surface area contributed by atoms with E-state index in [0.717, 1.165) is 10.6 Å². The maximum absolute atomic E-state index is 12.6. The fourth-order valence-corrected chi connectivity index (χ4v) is 3.20. The number of hydrogen-bond acceptors (Lipinski definition) is 5. The van der Waals surface area contributed by atoms with Crippen molar-refractivity contribution in [2.24, 2.45) is 0 Å². The molecule has 1 aromatic carbocycles. The summed E-state index contributed by atoms with van der Waals surface area (Å²) >= 11 is 1.44. The van der Waals surface area contributed by atoms with E-state index in [1.807, 2.05) is 30.3 Å². The van der Waals surface area contributed by atoms with Crippen molar-refractivity contribution in [2.75, 3.05) is 13.1 Å². The lowest BCUT2D eigenvalue weighted by molar-refractivity contribution is -0.149. The van der Waals surface area contributed by atoms with Gasteiger partial charge in [0.1, 0.15) is 11.0 Å². The smallest absolute Gasteiger partial charge is 0.326 e. The van der Waals surface area contributed by atoms with E-state index in [0.29, 0.717) is 5.69 Å². The normalized spacial score (nSPS) is 11.6. The van der Waals surface area contributed by atoms with E-state index in [-0.39, 0.29) is 31.3 Å². The molecule has 1 unspecified atom stereocenters. The Balaban J connectivity index is 2.07. The second kappa shape index (κ2) is 9.10. The molecule has 2 N–H and O–H groups in total. The Labute approximate surface area is 155 Å². The Hall–Kier alpha value is -2.74. The minimum Gasteiger partial charge on any atom is -0.480 e. The maximum atomic E-state index is 12.6. The first-order valence-electron chi connectivity index (χ1n) is 8.15. The highest BCUT2D eigenvalue weighted by Crippen LogP contribution is 2.23. The first-order valence-corrected chi connectivity index (χ1v) is 9.03. The van der Waals surface area contributed by atoms with Crippen LogP contribution in [0.5, 0.6) is 0 Å². The van der Waals surface area contributed by atoms with Gasteiger partial charge < -0.3 is 15.3 Å². The van der Waals surface area contributed by atoms with Crippen LogP contribution in [0.1, 0.15) is 19.5 Å². The third kappa shape index (κ3) is 5.38. The quantitative estimate of drug-likeness (QED) is 0.733. The number of carbonyl (C=O) groups is 3. The van der Waals surface area contributed by atoms with E-state index in [1.165, 1.54) is 30.1 Å². The SMILES string of the molecule is CC(=O)NCCN(C(=O)Cc1csc(-c2ccccc2)n1)C(C)C(=O)O. The van der Waals surface area contributed by atoms with E-state index in [2.05, 4.69) is 10.3 Å². The van der Waals surface area contributed by atoms with Crippen LogP contribution in [0.3, 0.4) is 0 Å². The van der Waals surface area contributed by atoms with E-state index in [1.54, 1.807) is 5.38 Å². The molecule has 0 radical (unpaired) electrons. The third-order valence-electron chi connectivity index (χ3n) is 3.78. The molecule has 1 atom stereocenters. The number of nitrogens with zero attached hydrogens (tertiary/aromatic N) is 2. The number of amides is 2. The molecule has 0 aliphatic rings. The van der Waals surface area contributed by atoms with Crippen LogP contribution < -0.4 is 5.32 Å². The Morgan fingerprint density at radius 1 is 1.27 bits per heavy atom. The lowest BCUT2D eigenvalue weighted by Crippen LogP contribution is -2.47. The molecule has 0 saturated heterocycles. The Morgan fingerprint density at radius 2 is 1.96 bits per heavy atom. The summed E-state index contributed by atoms with van der Waals surface area (Å²) in [4.78, 5) is 40.6. The molecule has 1 heterocycles. The van der Waals surface area contributed by atoms with Crippen LogP contribution >= 0.6 is 11.3 Å². The van der Waals surface area contributed by atoms with Gasteiger partial charge in [0, 0.05) is 31.0 Å². The van der Waals surface area contributed by atoms with Crippen molar-refractivity contribution in [3.63, 3.8) is 0 Å². The van der Waals surface area contributed by atoms with Crippen molar-refractivity contribution in [3.05, 3.63) is 41.4 Å². The van der Waals surface area contributed by atoms with Gasteiger partial charge in [-0.15, -0.1) is 11.3 Å². The Morgan fingerprint density at radius 3 is 2.58 bits per heavy atom. The van der Waals surface area contributed by atoms with Crippen LogP contribution in [0.4, 0.5) is 0 Å². The van der Waals surface area contributed by atoms with Crippen LogP contribution in [-0.4, -0.2) is 51.9 Å². The Kier molecular flexibility index (Phi) is 6.85. The fourth-order valence-electron chi connectivity index (χ4n) is 2.38. The predicted octanol–water partition coefficient (Wildman–Crippen LogP) is 1.79. The van der Waals surface area contributed by atoms with Gasteiger partial charge in [0.15, 0.2) is 0 Å². The fraction of sp³-hybridized carbons (Fsp3) is 0.333. The number of nitrogens with one attached hydrogen (secondary N) is 1. The average Bonchev–Trinajstić information content (AvgIpc) is 3.07. The number of benzene rings is 1. The molecule has 0 aliphatic carbocycles. The molecule has 8 heteroatoms. The summed E-state index contributed by atoms with van der Waals surface area (Å²) in [6.07, 6.45) is 0.0149. The van der Waals surface area contributed by atoms with Crippen molar-refractivity contribution in [1.82, 2.24) is 15.2 Å². The van der Waals surface area contributed by atoms with Crippen molar-refractivity contribution >= 4 is 29.1 Å². The van der Waals surface area contributed by atoms with Gasteiger partial charge >= 0.3 is 5.97 Å². The number of rotatable bonds is 8. The molecular weight excluding hydrogens is 354 g/mol. The van der Waals surface area contributed by atoms with E-state index < -0.39 is 12.0 Å². The Bertz CT molecular complexity index is 776. The monoisotopic (exact) mass is 375 g/mol.